The van der Waals surface area contributed by atoms with Crippen LogP contribution < -0.4 is 4.74 Å². The monoisotopic (exact) mass is 536 g/mol. The highest BCUT2D eigenvalue weighted by atomic mass is 35.5. The van der Waals surface area contributed by atoms with Gasteiger partial charge in [0.15, 0.2) is 0 Å². The topological polar surface area (TPSA) is 78.0 Å². The van der Waals surface area contributed by atoms with Crippen molar-refractivity contribution in [3.05, 3.63) is 34.0 Å². The molecule has 1 aromatic rings. The molecule has 2 fully saturated rings. The van der Waals surface area contributed by atoms with Gasteiger partial charge in [-0.2, -0.15) is 0 Å². The summed E-state index contributed by atoms with van der Waals surface area (Å²) in [6.07, 6.45) is 7.31. The van der Waals surface area contributed by atoms with Gasteiger partial charge in [-0.3, -0.25) is 9.78 Å². The Morgan fingerprint density at radius 1 is 1.28 bits per heavy atom. The van der Waals surface area contributed by atoms with Crippen LogP contribution in [0.1, 0.15) is 69.0 Å². The molecular formula is C27H37ClN2O5S. The molecule has 0 bridgehead atoms. The number of ether oxygens (including phenoxy) is 3. The number of aromatic nitrogens is 1. The highest BCUT2D eigenvalue weighted by Gasteiger charge is 2.43. The first-order valence-corrected chi connectivity index (χ1v) is 14.0. The lowest BCUT2D eigenvalue weighted by molar-refractivity contribution is -0.147. The number of thioether (sulfide) groups is 1. The molecule has 2 heterocycles. The van der Waals surface area contributed by atoms with Gasteiger partial charge in [-0.15, -0.1) is 11.8 Å². The first kappa shape index (κ1) is 27.1. The molecule has 3 aliphatic rings. The molecule has 2 saturated carbocycles. The second-order valence-corrected chi connectivity index (χ2v) is 12.4. The average molecular weight is 537 g/mol. The third-order valence-corrected chi connectivity index (χ3v) is 9.50. The highest BCUT2D eigenvalue weighted by Crippen LogP contribution is 2.56. The van der Waals surface area contributed by atoms with Crippen molar-refractivity contribution in [2.75, 3.05) is 20.8 Å². The van der Waals surface area contributed by atoms with Crippen molar-refractivity contribution in [3.63, 3.8) is 0 Å². The number of halogens is 1. The van der Waals surface area contributed by atoms with Crippen LogP contribution in [0.15, 0.2) is 22.6 Å². The molecule has 36 heavy (non-hydrogen) atoms. The molecule has 4 rings (SSSR count). The zero-order chi connectivity index (χ0) is 26.0. The van der Waals surface area contributed by atoms with E-state index in [4.69, 9.17) is 30.8 Å². The maximum absolute atomic E-state index is 12.7. The van der Waals surface area contributed by atoms with Crippen molar-refractivity contribution >= 4 is 35.4 Å². The molecule has 198 valence electrons. The molecule has 2 unspecified atom stereocenters. The molecule has 1 amide bonds. The summed E-state index contributed by atoms with van der Waals surface area (Å²) in [5, 5.41) is -0.0879. The molecule has 0 N–H and O–H groups in total. The van der Waals surface area contributed by atoms with Gasteiger partial charge in [-0.05, 0) is 76.5 Å². The summed E-state index contributed by atoms with van der Waals surface area (Å²) in [6.45, 7) is 6.27. The van der Waals surface area contributed by atoms with E-state index in [0.717, 1.165) is 36.4 Å². The lowest BCUT2D eigenvalue weighted by atomic mass is 9.85. The van der Waals surface area contributed by atoms with Gasteiger partial charge < -0.3 is 19.1 Å². The Labute approximate surface area is 223 Å². The quantitative estimate of drug-likeness (QED) is 0.364. The van der Waals surface area contributed by atoms with Crippen molar-refractivity contribution in [2.24, 2.45) is 17.3 Å². The van der Waals surface area contributed by atoms with Gasteiger partial charge >= 0.3 is 12.1 Å². The minimum absolute atomic E-state index is 0.0362. The predicted molar refractivity (Wildman–Crippen MR) is 141 cm³/mol. The van der Waals surface area contributed by atoms with Crippen molar-refractivity contribution in [1.29, 1.82) is 0 Å². The average Bonchev–Trinajstić information content (AvgIpc) is 3.67. The van der Waals surface area contributed by atoms with Gasteiger partial charge in [0, 0.05) is 18.5 Å². The summed E-state index contributed by atoms with van der Waals surface area (Å²) in [5.74, 6) is 1.03. The number of methoxy groups -OCH3 is 1. The zero-order valence-electron chi connectivity index (χ0n) is 21.8. The van der Waals surface area contributed by atoms with Crippen molar-refractivity contribution in [2.45, 2.75) is 76.7 Å². The standard InChI is InChI=1S/C27H37ClN2O5S/c1-16-22(35-20-8-6-7-19(13-20)25(31)33-5)12-11-21(29-16)24-27(3,14-23(28)36-24)15-34-26(32)30(4)17(2)18-9-10-18/h11-12,14,17-20,24H,6-10,13,15H2,1-5H3/t17-,19+,20+,24?,27?/m1/s1. The van der Waals surface area contributed by atoms with Crippen LogP contribution in [-0.2, 0) is 14.3 Å². The predicted octanol–water partition coefficient (Wildman–Crippen LogP) is 6.24. The largest absolute Gasteiger partial charge is 0.489 e. The van der Waals surface area contributed by atoms with Crippen LogP contribution in [0.2, 0.25) is 0 Å². The molecule has 9 heteroatoms. The summed E-state index contributed by atoms with van der Waals surface area (Å²) in [5.41, 5.74) is 1.17. The molecule has 0 radical (unpaired) electrons. The van der Waals surface area contributed by atoms with Crippen LogP contribution in [0, 0.1) is 24.2 Å². The number of esters is 1. The Balaban J connectivity index is 1.41. The van der Waals surface area contributed by atoms with E-state index in [-0.39, 0.29) is 42.0 Å². The lowest BCUT2D eigenvalue weighted by Crippen LogP contribution is -2.39. The summed E-state index contributed by atoms with van der Waals surface area (Å²) in [7, 11) is 3.24. The minimum Gasteiger partial charge on any atom is -0.489 e. The van der Waals surface area contributed by atoms with Crippen LogP contribution >= 0.6 is 23.4 Å². The Morgan fingerprint density at radius 3 is 2.69 bits per heavy atom. The van der Waals surface area contributed by atoms with E-state index in [1.165, 1.54) is 31.7 Å². The number of carbonyl (C=O) groups excluding carboxylic acids is 2. The fourth-order valence-corrected chi connectivity index (χ4v) is 6.90. The van der Waals surface area contributed by atoms with E-state index < -0.39 is 5.41 Å². The van der Waals surface area contributed by atoms with Gasteiger partial charge in [-0.1, -0.05) is 18.5 Å². The third kappa shape index (κ3) is 6.13. The van der Waals surface area contributed by atoms with Crippen molar-refractivity contribution in [3.8, 4) is 5.75 Å². The number of nitrogens with zero attached hydrogens (tertiary/aromatic N) is 2. The van der Waals surface area contributed by atoms with Gasteiger partial charge in [0.05, 0.1) is 40.1 Å². The number of amides is 1. The maximum Gasteiger partial charge on any atom is 0.409 e. The number of aryl methyl sites for hydroxylation is 1. The summed E-state index contributed by atoms with van der Waals surface area (Å²) >= 11 is 7.98. The van der Waals surface area contributed by atoms with E-state index in [9.17, 15) is 9.59 Å². The van der Waals surface area contributed by atoms with E-state index in [1.54, 1.807) is 11.9 Å². The fraction of sp³-hybridized carbons (Fsp3) is 0.667. The summed E-state index contributed by atoms with van der Waals surface area (Å²) in [6, 6.07) is 4.09. The van der Waals surface area contributed by atoms with Crippen LogP contribution in [0.4, 0.5) is 4.79 Å². The molecule has 1 aromatic heterocycles. The van der Waals surface area contributed by atoms with Gasteiger partial charge in [0.1, 0.15) is 12.4 Å². The molecule has 0 spiro atoms. The van der Waals surface area contributed by atoms with Crippen molar-refractivity contribution in [1.82, 2.24) is 9.88 Å². The Kier molecular flexibility index (Phi) is 8.45. The van der Waals surface area contributed by atoms with Crippen molar-refractivity contribution < 1.29 is 23.8 Å². The molecule has 0 saturated heterocycles. The smallest absolute Gasteiger partial charge is 0.409 e. The molecule has 2 aliphatic carbocycles. The second-order valence-electron chi connectivity index (χ2n) is 10.6. The Hall–Kier alpha value is -1.93. The number of hydrogen-bond acceptors (Lipinski definition) is 7. The van der Waals surface area contributed by atoms with Crippen LogP contribution in [0.25, 0.3) is 0 Å². The fourth-order valence-electron chi connectivity index (χ4n) is 5.16. The molecular weight excluding hydrogens is 500 g/mol. The first-order valence-electron chi connectivity index (χ1n) is 12.8. The lowest BCUT2D eigenvalue weighted by Gasteiger charge is -2.31. The van der Waals surface area contributed by atoms with Crippen LogP contribution in [0.5, 0.6) is 5.75 Å². The molecule has 5 atom stereocenters. The molecule has 1 aliphatic heterocycles. The zero-order valence-corrected chi connectivity index (χ0v) is 23.4. The minimum atomic E-state index is -0.486. The normalized spacial score (nSPS) is 28.7. The number of rotatable bonds is 8. The maximum atomic E-state index is 12.7. The summed E-state index contributed by atoms with van der Waals surface area (Å²) in [4.78, 5) is 31.2. The van der Waals surface area contributed by atoms with Gasteiger partial charge in [-0.25, -0.2) is 4.79 Å². The van der Waals surface area contributed by atoms with Crippen LogP contribution in [0.3, 0.4) is 0 Å². The van der Waals surface area contributed by atoms with E-state index in [1.807, 2.05) is 32.1 Å². The van der Waals surface area contributed by atoms with E-state index >= 15 is 0 Å². The Morgan fingerprint density at radius 2 is 2.03 bits per heavy atom. The van der Waals surface area contributed by atoms with Crippen LogP contribution in [-0.4, -0.2) is 54.9 Å². The van der Waals surface area contributed by atoms with Gasteiger partial charge in [0.25, 0.3) is 0 Å². The number of pyridine rings is 1. The highest BCUT2D eigenvalue weighted by molar-refractivity contribution is 8.05. The number of carbonyl (C=O) groups is 2. The third-order valence-electron chi connectivity index (χ3n) is 7.76. The SMILES string of the molecule is COC(=O)[C@H]1CCC[C@H](Oc2ccc(C3SC(Cl)=CC3(C)COC(=O)N(C)[C@H](C)C3CC3)nc2C)C1. The van der Waals surface area contributed by atoms with Gasteiger partial charge in [0.2, 0.25) is 0 Å². The first-order chi connectivity index (χ1) is 17.1. The van der Waals surface area contributed by atoms with E-state index in [2.05, 4.69) is 6.92 Å². The molecule has 0 aromatic carbocycles. The second kappa shape index (κ2) is 11.2. The summed E-state index contributed by atoms with van der Waals surface area (Å²) < 4.78 is 17.6. The van der Waals surface area contributed by atoms with E-state index in [0.29, 0.717) is 16.7 Å². The number of hydrogen-bond donors (Lipinski definition) is 0. The Bertz CT molecular complexity index is 1020. The molecule has 7 nitrogen and oxygen atoms in total.